The molecule has 1 radical (unpaired) electrons. The molecular formula is C10H10FO. The molecule has 0 spiro atoms. The minimum atomic E-state index is -1.47. The van der Waals surface area contributed by atoms with Crippen LogP contribution in [0.25, 0.3) is 0 Å². The van der Waals surface area contributed by atoms with E-state index in [2.05, 4.69) is 6.92 Å². The molecule has 0 aliphatic carbocycles. The van der Waals surface area contributed by atoms with Gasteiger partial charge in [-0.25, -0.2) is 4.39 Å². The monoisotopic (exact) mass is 165 g/mol. The van der Waals surface area contributed by atoms with Crippen LogP contribution in [-0.4, -0.2) is 12.0 Å². The van der Waals surface area contributed by atoms with Gasteiger partial charge in [0, 0.05) is 5.56 Å². The molecule has 0 aromatic heterocycles. The molecule has 0 bridgehead atoms. The number of ketones is 1. The second-order valence-corrected chi connectivity index (χ2v) is 2.49. The highest BCUT2D eigenvalue weighted by Crippen LogP contribution is 2.08. The molecule has 0 N–H and O–H groups in total. The summed E-state index contributed by atoms with van der Waals surface area (Å²) in [5.41, 5.74) is 0.411. The van der Waals surface area contributed by atoms with Gasteiger partial charge in [-0.05, 0) is 13.3 Å². The molecule has 12 heavy (non-hydrogen) atoms. The quantitative estimate of drug-likeness (QED) is 0.628. The van der Waals surface area contributed by atoms with Crippen LogP contribution in [0.15, 0.2) is 30.3 Å². The number of alkyl halides is 1. The van der Waals surface area contributed by atoms with E-state index in [-0.39, 0.29) is 6.42 Å². The van der Waals surface area contributed by atoms with Crippen molar-refractivity contribution in [1.82, 2.24) is 0 Å². The molecule has 0 saturated carbocycles. The van der Waals surface area contributed by atoms with Crippen molar-refractivity contribution in [1.29, 1.82) is 0 Å². The number of carbonyl (C=O) groups is 1. The number of carbonyl (C=O) groups excluding carboxylic acids is 1. The molecule has 0 fully saturated rings. The Labute approximate surface area is 71.2 Å². The lowest BCUT2D eigenvalue weighted by molar-refractivity contribution is 0.0879. The standard InChI is InChI=1S/C10H10FO/c1-2-9(11)10(12)8-6-4-3-5-7-8/h3-7,9H,1-2H2. The van der Waals surface area contributed by atoms with Crippen LogP contribution in [0.3, 0.4) is 0 Å². The van der Waals surface area contributed by atoms with Gasteiger partial charge in [-0.3, -0.25) is 4.79 Å². The van der Waals surface area contributed by atoms with Crippen molar-refractivity contribution in [2.24, 2.45) is 0 Å². The van der Waals surface area contributed by atoms with Crippen molar-refractivity contribution < 1.29 is 9.18 Å². The first kappa shape index (κ1) is 8.91. The van der Waals surface area contributed by atoms with E-state index in [0.29, 0.717) is 5.56 Å². The molecule has 2 heteroatoms. The molecule has 0 amide bonds. The van der Waals surface area contributed by atoms with Crippen LogP contribution in [0.1, 0.15) is 16.8 Å². The van der Waals surface area contributed by atoms with E-state index in [1.54, 1.807) is 30.3 Å². The van der Waals surface area contributed by atoms with E-state index in [1.165, 1.54) is 0 Å². The SMILES string of the molecule is [CH2]CC(F)C(=O)c1ccccc1. The Bertz CT molecular complexity index is 256. The fraction of sp³-hybridized carbons (Fsp3) is 0.200. The summed E-state index contributed by atoms with van der Waals surface area (Å²) in [4.78, 5) is 11.2. The lowest BCUT2D eigenvalue weighted by Crippen LogP contribution is -2.14. The zero-order chi connectivity index (χ0) is 8.97. The van der Waals surface area contributed by atoms with Gasteiger partial charge in [-0.15, -0.1) is 0 Å². The highest BCUT2D eigenvalue weighted by Gasteiger charge is 2.15. The molecule has 1 rings (SSSR count). The van der Waals surface area contributed by atoms with Crippen LogP contribution in [0, 0.1) is 6.92 Å². The zero-order valence-corrected chi connectivity index (χ0v) is 6.66. The Kier molecular flexibility index (Phi) is 2.97. The Morgan fingerprint density at radius 2 is 2.00 bits per heavy atom. The maximum Gasteiger partial charge on any atom is 0.196 e. The predicted octanol–water partition coefficient (Wildman–Crippen LogP) is 2.43. The van der Waals surface area contributed by atoms with E-state index >= 15 is 0 Å². The van der Waals surface area contributed by atoms with Crippen LogP contribution < -0.4 is 0 Å². The van der Waals surface area contributed by atoms with Crippen LogP contribution in [-0.2, 0) is 0 Å². The fourth-order valence-electron chi connectivity index (χ4n) is 0.914. The molecule has 1 unspecified atom stereocenters. The summed E-state index contributed by atoms with van der Waals surface area (Å²) in [7, 11) is 0. The van der Waals surface area contributed by atoms with E-state index < -0.39 is 12.0 Å². The Balaban J connectivity index is 2.79. The first-order chi connectivity index (χ1) is 5.75. The molecule has 1 nitrogen and oxygen atoms in total. The van der Waals surface area contributed by atoms with E-state index in [1.807, 2.05) is 0 Å². The Morgan fingerprint density at radius 1 is 1.42 bits per heavy atom. The maximum atomic E-state index is 12.8. The number of Topliss-reactive ketones (excluding diaryl/α,β-unsaturated/α-hetero) is 1. The maximum absolute atomic E-state index is 12.8. The smallest absolute Gasteiger partial charge is 0.196 e. The van der Waals surface area contributed by atoms with Gasteiger partial charge in [-0.2, -0.15) is 0 Å². The summed E-state index contributed by atoms with van der Waals surface area (Å²) in [6.45, 7) is 3.34. The van der Waals surface area contributed by atoms with Crippen molar-refractivity contribution in [2.45, 2.75) is 12.6 Å². The largest absolute Gasteiger partial charge is 0.291 e. The van der Waals surface area contributed by atoms with Gasteiger partial charge in [0.1, 0.15) is 0 Å². The topological polar surface area (TPSA) is 17.1 Å². The van der Waals surface area contributed by atoms with Gasteiger partial charge in [0.15, 0.2) is 12.0 Å². The molecule has 0 aliphatic rings. The highest BCUT2D eigenvalue weighted by molar-refractivity contribution is 5.99. The van der Waals surface area contributed by atoms with Crippen LogP contribution >= 0.6 is 0 Å². The third-order valence-electron chi connectivity index (χ3n) is 1.60. The average molecular weight is 165 g/mol. The number of benzene rings is 1. The lowest BCUT2D eigenvalue weighted by atomic mass is 10.1. The summed E-state index contributed by atoms with van der Waals surface area (Å²) >= 11 is 0. The summed E-state index contributed by atoms with van der Waals surface area (Å²) in [5.74, 6) is -0.481. The van der Waals surface area contributed by atoms with Gasteiger partial charge < -0.3 is 0 Å². The molecule has 1 aromatic rings. The first-order valence-electron chi connectivity index (χ1n) is 3.78. The molecule has 0 heterocycles. The van der Waals surface area contributed by atoms with Crippen molar-refractivity contribution in [2.75, 3.05) is 0 Å². The number of halogens is 1. The summed E-state index contributed by atoms with van der Waals surface area (Å²) in [6, 6.07) is 8.41. The Morgan fingerprint density at radius 3 is 2.50 bits per heavy atom. The normalized spacial score (nSPS) is 12.5. The predicted molar refractivity (Wildman–Crippen MR) is 45.6 cm³/mol. The number of hydrogen-bond donors (Lipinski definition) is 0. The van der Waals surface area contributed by atoms with Gasteiger partial charge in [0.25, 0.3) is 0 Å². The van der Waals surface area contributed by atoms with Crippen molar-refractivity contribution in [3.05, 3.63) is 42.8 Å². The average Bonchev–Trinajstić information content (AvgIpc) is 2.17. The molecular weight excluding hydrogens is 155 g/mol. The molecule has 1 aromatic carbocycles. The molecule has 1 atom stereocenters. The minimum Gasteiger partial charge on any atom is -0.291 e. The highest BCUT2D eigenvalue weighted by atomic mass is 19.1. The molecule has 0 saturated heterocycles. The second-order valence-electron chi connectivity index (χ2n) is 2.49. The summed E-state index contributed by atoms with van der Waals surface area (Å²) in [6.07, 6.45) is -1.47. The van der Waals surface area contributed by atoms with Gasteiger partial charge in [0.05, 0.1) is 0 Å². The number of hydrogen-bond acceptors (Lipinski definition) is 1. The fourth-order valence-corrected chi connectivity index (χ4v) is 0.914. The van der Waals surface area contributed by atoms with Gasteiger partial charge in [-0.1, -0.05) is 30.3 Å². The molecule has 0 aliphatic heterocycles. The van der Waals surface area contributed by atoms with Crippen LogP contribution in [0.2, 0.25) is 0 Å². The van der Waals surface area contributed by atoms with Gasteiger partial charge >= 0.3 is 0 Å². The molecule has 63 valence electrons. The van der Waals surface area contributed by atoms with Crippen LogP contribution in [0.4, 0.5) is 4.39 Å². The van der Waals surface area contributed by atoms with Crippen molar-refractivity contribution in [3.63, 3.8) is 0 Å². The van der Waals surface area contributed by atoms with Crippen molar-refractivity contribution in [3.8, 4) is 0 Å². The summed E-state index contributed by atoms with van der Waals surface area (Å²) in [5, 5.41) is 0. The lowest BCUT2D eigenvalue weighted by Gasteiger charge is -2.02. The van der Waals surface area contributed by atoms with Gasteiger partial charge in [0.2, 0.25) is 0 Å². The first-order valence-corrected chi connectivity index (χ1v) is 3.78. The zero-order valence-electron chi connectivity index (χ0n) is 6.66. The third kappa shape index (κ3) is 1.91. The summed E-state index contributed by atoms with van der Waals surface area (Å²) < 4.78 is 12.8. The Hall–Kier alpha value is -1.18. The van der Waals surface area contributed by atoms with E-state index in [9.17, 15) is 9.18 Å². The van der Waals surface area contributed by atoms with E-state index in [4.69, 9.17) is 0 Å². The van der Waals surface area contributed by atoms with Crippen LogP contribution in [0.5, 0.6) is 0 Å². The third-order valence-corrected chi connectivity index (χ3v) is 1.60. The van der Waals surface area contributed by atoms with Crippen molar-refractivity contribution >= 4 is 5.78 Å². The minimum absolute atomic E-state index is 0.00622. The van der Waals surface area contributed by atoms with E-state index in [0.717, 1.165) is 0 Å². The number of rotatable bonds is 3. The second kappa shape index (κ2) is 4.00.